The number of phenolic OH excluding ortho intramolecular Hbond substituents is 1. The zero-order valence-electron chi connectivity index (χ0n) is 30.8. The van der Waals surface area contributed by atoms with Crippen LogP contribution in [0.1, 0.15) is 31.2 Å². The van der Waals surface area contributed by atoms with Crippen LogP contribution in [0.15, 0.2) is 30.5 Å². The number of nitrogens with zero attached hydrogens (tertiary/aromatic N) is 7. The predicted molar refractivity (Wildman–Crippen MR) is 196 cm³/mol. The molecule has 3 aromatic carbocycles. The van der Waals surface area contributed by atoms with Crippen molar-refractivity contribution in [3.05, 3.63) is 47.7 Å². The van der Waals surface area contributed by atoms with Crippen molar-refractivity contribution in [2.75, 3.05) is 51.8 Å². The molecule has 2 aromatic heterocycles. The number of anilines is 1. The fourth-order valence-corrected chi connectivity index (χ4v) is 9.36. The van der Waals surface area contributed by atoms with Crippen LogP contribution in [0, 0.1) is 41.2 Å². The molecule has 0 spiro atoms. The molecule has 5 aromatic rings. The number of rotatable bonds is 9. The van der Waals surface area contributed by atoms with E-state index in [9.17, 15) is 27.1 Å². The Morgan fingerprint density at radius 3 is 2.39 bits per heavy atom. The van der Waals surface area contributed by atoms with Gasteiger partial charge < -0.3 is 19.6 Å². The van der Waals surface area contributed by atoms with E-state index in [-0.39, 0.29) is 81.1 Å². The molecule has 2 bridgehead atoms. The molecule has 0 amide bonds. The first-order chi connectivity index (χ1) is 26.5. The van der Waals surface area contributed by atoms with Gasteiger partial charge in [-0.15, -0.1) is 6.42 Å². The Morgan fingerprint density at radius 2 is 1.77 bits per heavy atom. The lowest BCUT2D eigenvalue weighted by atomic mass is 9.91. The van der Waals surface area contributed by atoms with Gasteiger partial charge in [0.25, 0.3) is 5.92 Å². The summed E-state index contributed by atoms with van der Waals surface area (Å²) in [4.78, 5) is 15.0. The molecule has 2 aliphatic heterocycles. The third kappa shape index (κ3) is 5.88. The molecular weight excluding hydrogens is 743 g/mol. The van der Waals surface area contributed by atoms with Gasteiger partial charge in [-0.3, -0.25) is 9.58 Å². The van der Waals surface area contributed by atoms with Gasteiger partial charge in [-0.25, -0.2) is 17.6 Å². The minimum absolute atomic E-state index is 0.0232. The van der Waals surface area contributed by atoms with Crippen LogP contribution >= 0.6 is 0 Å². The second-order valence-corrected chi connectivity index (χ2v) is 16.3. The zero-order chi connectivity index (χ0) is 39.6. The summed E-state index contributed by atoms with van der Waals surface area (Å²) in [7, 11) is 5.00. The van der Waals surface area contributed by atoms with Gasteiger partial charge >= 0.3 is 12.2 Å². The maximum atomic E-state index is 17.6. The second-order valence-electron chi connectivity index (χ2n) is 16.3. The first-order valence-electron chi connectivity index (χ1n) is 18.5. The van der Waals surface area contributed by atoms with Crippen LogP contribution in [0.4, 0.5) is 36.6 Å². The van der Waals surface area contributed by atoms with E-state index < -0.39 is 54.0 Å². The Morgan fingerprint density at radius 1 is 1.05 bits per heavy atom. The number of terminal acetylenes is 1. The summed E-state index contributed by atoms with van der Waals surface area (Å²) in [5.74, 6) is -4.01. The van der Waals surface area contributed by atoms with Crippen molar-refractivity contribution in [3.63, 3.8) is 0 Å². The van der Waals surface area contributed by atoms with Crippen LogP contribution in [-0.4, -0.2) is 106 Å². The lowest BCUT2D eigenvalue weighted by molar-refractivity contribution is -0.151. The molecule has 56 heavy (non-hydrogen) atoms. The van der Waals surface area contributed by atoms with Crippen LogP contribution in [0.5, 0.6) is 11.8 Å². The number of aryl methyl sites for hydroxylation is 1. The summed E-state index contributed by atoms with van der Waals surface area (Å²) in [6.45, 7) is 0.630. The van der Waals surface area contributed by atoms with Crippen molar-refractivity contribution in [2.45, 2.75) is 49.9 Å². The van der Waals surface area contributed by atoms with Gasteiger partial charge in [0.1, 0.15) is 35.0 Å². The SMILES string of the molecule is C#Cc1c(F)ccc2cc(O)cc(-c3c(F)c4nc(OC[C@]5(CN(C)C)CC5(F)F)nc(N5C[C@H]6CC[C@@H](C5)N6C[C@@H]5C[C@@H]5C(F)(F)F)c4c4cn(C)nc34)c12. The van der Waals surface area contributed by atoms with Crippen molar-refractivity contribution in [3.8, 4) is 35.2 Å². The van der Waals surface area contributed by atoms with E-state index in [1.165, 1.54) is 22.9 Å². The standard InChI is InChI=1S/C40H38F7N7O2/c1-5-25-29(41)9-6-20-10-24(55)12-26(30(20)25)31-33(42)35-32(27-16-52(4)50-34(27)31)36(49-37(48-35)56-19-38(18-51(2)3)17-39(38,43)44)53-14-22-7-8-23(15-53)54(22)13-21-11-28(21)40(45,46)47/h1,6,9-10,12,16,21-23,28,55H,7-8,11,13-15,17-19H2,2-4H3/t21-,22-,23+,28-,38+/m0/s1. The quantitative estimate of drug-likeness (QED) is 0.125. The van der Waals surface area contributed by atoms with Gasteiger partial charge in [-0.2, -0.15) is 28.2 Å². The van der Waals surface area contributed by atoms with Gasteiger partial charge in [0.2, 0.25) is 0 Å². The molecule has 4 fully saturated rings. The normalized spacial score (nSPS) is 25.8. The molecule has 9 rings (SSSR count). The number of piperazine rings is 1. The van der Waals surface area contributed by atoms with Crippen molar-refractivity contribution in [2.24, 2.45) is 24.3 Å². The highest BCUT2D eigenvalue weighted by Gasteiger charge is 2.71. The average Bonchev–Trinajstić information content (AvgIpc) is 3.93. The van der Waals surface area contributed by atoms with Gasteiger partial charge in [0, 0.05) is 74.3 Å². The monoisotopic (exact) mass is 781 g/mol. The molecular formula is C40H38F7N7O2. The predicted octanol–water partition coefficient (Wildman–Crippen LogP) is 7.12. The molecule has 5 atom stereocenters. The van der Waals surface area contributed by atoms with Crippen LogP contribution < -0.4 is 9.64 Å². The highest BCUT2D eigenvalue weighted by Crippen LogP contribution is 2.61. The van der Waals surface area contributed by atoms with Gasteiger partial charge in [0.05, 0.1) is 22.3 Å². The number of benzene rings is 3. The maximum absolute atomic E-state index is 17.6. The van der Waals surface area contributed by atoms with Crippen LogP contribution in [0.3, 0.4) is 0 Å². The second kappa shape index (κ2) is 12.6. The summed E-state index contributed by atoms with van der Waals surface area (Å²) in [6, 6.07) is 4.71. The Balaban J connectivity index is 1.21. The highest BCUT2D eigenvalue weighted by molar-refractivity contribution is 6.18. The number of alkyl halides is 5. The van der Waals surface area contributed by atoms with Gasteiger partial charge in [-0.1, -0.05) is 12.0 Å². The van der Waals surface area contributed by atoms with E-state index in [0.29, 0.717) is 30.4 Å². The molecule has 9 nitrogen and oxygen atoms in total. The number of aromatic nitrogens is 4. The van der Waals surface area contributed by atoms with E-state index in [4.69, 9.17) is 16.1 Å². The fourth-order valence-electron chi connectivity index (χ4n) is 9.36. The third-order valence-electron chi connectivity index (χ3n) is 12.1. The van der Waals surface area contributed by atoms with Crippen molar-refractivity contribution >= 4 is 38.4 Å². The highest BCUT2D eigenvalue weighted by atomic mass is 19.4. The average molecular weight is 782 g/mol. The molecule has 4 aliphatic rings. The number of hydrogen-bond donors (Lipinski definition) is 1. The fraction of sp³-hybridized carbons (Fsp3) is 0.475. The van der Waals surface area contributed by atoms with Crippen LogP contribution in [-0.2, 0) is 7.05 Å². The van der Waals surface area contributed by atoms with Crippen LogP contribution in [0.25, 0.3) is 43.7 Å². The summed E-state index contributed by atoms with van der Waals surface area (Å²) in [6.07, 6.45) is 4.40. The summed E-state index contributed by atoms with van der Waals surface area (Å²) < 4.78 is 110. The van der Waals surface area contributed by atoms with Crippen molar-refractivity contribution < 1.29 is 40.6 Å². The zero-order valence-corrected chi connectivity index (χ0v) is 30.8. The Hall–Kier alpha value is -4.88. The minimum atomic E-state index is -4.23. The van der Waals surface area contributed by atoms with E-state index in [0.717, 1.165) is 18.9 Å². The Bertz CT molecular complexity index is 2470. The Labute approximate surface area is 317 Å². The lowest BCUT2D eigenvalue weighted by Gasteiger charge is -2.42. The molecule has 1 N–H and O–H groups in total. The molecule has 0 unspecified atom stereocenters. The lowest BCUT2D eigenvalue weighted by Crippen LogP contribution is -2.54. The first-order valence-corrected chi connectivity index (χ1v) is 18.5. The van der Waals surface area contributed by atoms with Crippen LogP contribution in [0.2, 0.25) is 0 Å². The van der Waals surface area contributed by atoms with E-state index in [2.05, 4.69) is 20.9 Å². The summed E-state index contributed by atoms with van der Waals surface area (Å²) in [5.41, 5.74) is -1.80. The van der Waals surface area contributed by atoms with E-state index in [1.54, 1.807) is 32.2 Å². The molecule has 0 radical (unpaired) electrons. The summed E-state index contributed by atoms with van der Waals surface area (Å²) >= 11 is 0. The molecule has 16 heteroatoms. The molecule has 4 heterocycles. The minimum Gasteiger partial charge on any atom is -0.508 e. The molecule has 2 saturated heterocycles. The molecule has 2 saturated carbocycles. The number of ether oxygens (including phenoxy) is 1. The third-order valence-corrected chi connectivity index (χ3v) is 12.1. The van der Waals surface area contributed by atoms with E-state index in [1.807, 2.05) is 4.90 Å². The number of phenols is 1. The van der Waals surface area contributed by atoms with Gasteiger partial charge in [0.15, 0.2) is 5.82 Å². The number of hydrogen-bond acceptors (Lipinski definition) is 8. The van der Waals surface area contributed by atoms with Gasteiger partial charge in [-0.05, 0) is 68.4 Å². The maximum Gasteiger partial charge on any atom is 0.392 e. The number of aromatic hydroxyl groups is 1. The van der Waals surface area contributed by atoms with E-state index >= 15 is 8.78 Å². The Kier molecular flexibility index (Phi) is 8.24. The molecule has 294 valence electrons. The summed E-state index contributed by atoms with van der Waals surface area (Å²) in [5, 5.41) is 16.6. The number of halogens is 7. The number of fused-ring (bicyclic) bond motifs is 6. The van der Waals surface area contributed by atoms with Crippen molar-refractivity contribution in [1.29, 1.82) is 0 Å². The first kappa shape index (κ1) is 36.7. The topological polar surface area (TPSA) is 82.8 Å². The smallest absolute Gasteiger partial charge is 0.392 e. The molecule has 2 aliphatic carbocycles. The largest absolute Gasteiger partial charge is 0.508 e. The van der Waals surface area contributed by atoms with Crippen molar-refractivity contribution in [1.82, 2.24) is 29.5 Å².